The normalized spacial score (nSPS) is 11.3. The lowest BCUT2D eigenvalue weighted by atomic mass is 10.2. The first kappa shape index (κ1) is 16.2. The fourth-order valence-electron chi connectivity index (χ4n) is 1.66. The van der Waals surface area contributed by atoms with Gasteiger partial charge in [-0.3, -0.25) is 0 Å². The van der Waals surface area contributed by atoms with Gasteiger partial charge in [0.1, 0.15) is 5.75 Å². The van der Waals surface area contributed by atoms with Crippen LogP contribution in [0.5, 0.6) is 5.75 Å². The molecule has 2 aromatic carbocycles. The van der Waals surface area contributed by atoms with E-state index >= 15 is 0 Å². The van der Waals surface area contributed by atoms with E-state index in [4.69, 9.17) is 0 Å². The molecule has 0 radical (unpaired) electrons. The van der Waals surface area contributed by atoms with Crippen molar-refractivity contribution < 1.29 is 17.9 Å². The Labute approximate surface area is 136 Å². The van der Waals surface area contributed by atoms with Gasteiger partial charge >= 0.3 is 6.36 Å². The van der Waals surface area contributed by atoms with E-state index in [2.05, 4.69) is 41.9 Å². The summed E-state index contributed by atoms with van der Waals surface area (Å²) in [5.74, 6) is -0.269. The zero-order chi connectivity index (χ0) is 15.5. The molecule has 0 amide bonds. The highest BCUT2D eigenvalue weighted by molar-refractivity contribution is 9.10. The molecule has 0 atom stereocenters. The van der Waals surface area contributed by atoms with Crippen LogP contribution < -0.4 is 10.1 Å². The van der Waals surface area contributed by atoms with E-state index in [9.17, 15) is 13.2 Å². The zero-order valence-electron chi connectivity index (χ0n) is 10.5. The first-order valence-electron chi connectivity index (χ1n) is 5.88. The van der Waals surface area contributed by atoms with Gasteiger partial charge in [-0.2, -0.15) is 0 Å². The number of anilines is 1. The average Bonchev–Trinajstić information content (AvgIpc) is 2.39. The summed E-state index contributed by atoms with van der Waals surface area (Å²) in [5.41, 5.74) is 1.73. The summed E-state index contributed by atoms with van der Waals surface area (Å²) in [7, 11) is 0. The van der Waals surface area contributed by atoms with Gasteiger partial charge in [-0.05, 0) is 45.8 Å². The molecule has 0 heterocycles. The molecule has 0 bridgehead atoms. The van der Waals surface area contributed by atoms with Crippen LogP contribution in [0.25, 0.3) is 0 Å². The molecule has 0 spiro atoms. The van der Waals surface area contributed by atoms with Crippen LogP contribution in [0.3, 0.4) is 0 Å². The Bertz CT molecular complexity index is 632. The van der Waals surface area contributed by atoms with Crippen molar-refractivity contribution in [2.24, 2.45) is 0 Å². The number of benzene rings is 2. The molecule has 2 aromatic rings. The molecule has 0 fully saturated rings. The van der Waals surface area contributed by atoms with Gasteiger partial charge in [0.15, 0.2) is 0 Å². The molecule has 0 aliphatic rings. The fraction of sp³-hybridized carbons (Fsp3) is 0.143. The number of alkyl halides is 3. The van der Waals surface area contributed by atoms with E-state index in [1.54, 1.807) is 0 Å². The molecule has 7 heteroatoms. The lowest BCUT2D eigenvalue weighted by Gasteiger charge is -2.13. The molecule has 0 aromatic heterocycles. The minimum Gasteiger partial charge on any atom is -0.405 e. The molecule has 0 saturated carbocycles. The van der Waals surface area contributed by atoms with Gasteiger partial charge < -0.3 is 10.1 Å². The molecule has 2 nitrogen and oxygen atoms in total. The van der Waals surface area contributed by atoms with Crippen LogP contribution in [0.1, 0.15) is 5.56 Å². The van der Waals surface area contributed by atoms with E-state index in [0.29, 0.717) is 12.2 Å². The predicted octanol–water partition coefficient (Wildman–Crippen LogP) is 5.72. The number of hydrogen-bond donors (Lipinski definition) is 1. The SMILES string of the molecule is FC(F)(F)Oc1ccc(NCc2ccccc2Br)cc1Br. The monoisotopic (exact) mass is 423 g/mol. The molecule has 0 aliphatic carbocycles. The smallest absolute Gasteiger partial charge is 0.405 e. The van der Waals surface area contributed by atoms with Gasteiger partial charge in [0.25, 0.3) is 0 Å². The minimum absolute atomic E-state index is 0.233. The second kappa shape index (κ2) is 6.70. The number of rotatable bonds is 4. The summed E-state index contributed by atoms with van der Waals surface area (Å²) in [6, 6.07) is 12.0. The minimum atomic E-state index is -4.70. The number of nitrogens with one attached hydrogen (secondary N) is 1. The van der Waals surface area contributed by atoms with Crippen molar-refractivity contribution in [1.29, 1.82) is 0 Å². The number of hydrogen-bond acceptors (Lipinski definition) is 2. The van der Waals surface area contributed by atoms with Crippen molar-refractivity contribution in [3.63, 3.8) is 0 Å². The molecular formula is C14H10Br2F3NO. The Balaban J connectivity index is 2.05. The third-order valence-electron chi connectivity index (χ3n) is 2.60. The Kier molecular flexibility index (Phi) is 5.16. The molecule has 21 heavy (non-hydrogen) atoms. The second-order valence-electron chi connectivity index (χ2n) is 4.14. The standard InChI is InChI=1S/C14H10Br2F3NO/c15-11-4-2-1-3-9(11)8-20-10-5-6-13(12(16)7-10)21-14(17,18)19/h1-7,20H,8H2. The van der Waals surface area contributed by atoms with Gasteiger partial charge in [-0.25, -0.2) is 0 Å². The van der Waals surface area contributed by atoms with Crippen LogP contribution in [0.2, 0.25) is 0 Å². The predicted molar refractivity (Wildman–Crippen MR) is 82.3 cm³/mol. The lowest BCUT2D eigenvalue weighted by molar-refractivity contribution is -0.274. The van der Waals surface area contributed by atoms with Gasteiger partial charge in [-0.1, -0.05) is 34.1 Å². The van der Waals surface area contributed by atoms with E-state index in [1.807, 2.05) is 24.3 Å². The quantitative estimate of drug-likeness (QED) is 0.677. The van der Waals surface area contributed by atoms with Crippen molar-refractivity contribution in [2.75, 3.05) is 5.32 Å². The summed E-state index contributed by atoms with van der Waals surface area (Å²) in [5, 5.41) is 3.14. The molecule has 0 unspecified atom stereocenters. The maximum atomic E-state index is 12.2. The highest BCUT2D eigenvalue weighted by Gasteiger charge is 2.31. The van der Waals surface area contributed by atoms with Crippen molar-refractivity contribution in [1.82, 2.24) is 0 Å². The third-order valence-corrected chi connectivity index (χ3v) is 3.99. The van der Waals surface area contributed by atoms with Crippen LogP contribution in [0.4, 0.5) is 18.9 Å². The van der Waals surface area contributed by atoms with E-state index in [-0.39, 0.29) is 10.2 Å². The van der Waals surface area contributed by atoms with Crippen LogP contribution in [0.15, 0.2) is 51.4 Å². The van der Waals surface area contributed by atoms with Crippen LogP contribution in [0, 0.1) is 0 Å². The summed E-state index contributed by atoms with van der Waals surface area (Å²) in [4.78, 5) is 0. The average molecular weight is 425 g/mol. The maximum absolute atomic E-state index is 12.2. The largest absolute Gasteiger partial charge is 0.573 e. The molecular weight excluding hydrogens is 415 g/mol. The molecule has 1 N–H and O–H groups in total. The summed E-state index contributed by atoms with van der Waals surface area (Å²) in [6.07, 6.45) is -4.70. The van der Waals surface area contributed by atoms with Crippen LogP contribution in [-0.4, -0.2) is 6.36 Å². The second-order valence-corrected chi connectivity index (χ2v) is 5.85. The van der Waals surface area contributed by atoms with Crippen LogP contribution in [-0.2, 0) is 6.54 Å². The molecule has 112 valence electrons. The van der Waals surface area contributed by atoms with E-state index < -0.39 is 6.36 Å². The van der Waals surface area contributed by atoms with Gasteiger partial charge in [0, 0.05) is 16.7 Å². The highest BCUT2D eigenvalue weighted by Crippen LogP contribution is 2.32. The van der Waals surface area contributed by atoms with Crippen molar-refractivity contribution in [3.8, 4) is 5.75 Å². The summed E-state index contributed by atoms with van der Waals surface area (Å²) < 4.78 is 41.6. The zero-order valence-corrected chi connectivity index (χ0v) is 13.7. The third kappa shape index (κ3) is 4.93. The van der Waals surface area contributed by atoms with Crippen molar-refractivity contribution in [2.45, 2.75) is 12.9 Å². The Morgan fingerprint density at radius 2 is 1.71 bits per heavy atom. The summed E-state index contributed by atoms with van der Waals surface area (Å²) >= 11 is 6.50. The van der Waals surface area contributed by atoms with Gasteiger partial charge in [-0.15, -0.1) is 13.2 Å². The van der Waals surface area contributed by atoms with Gasteiger partial charge in [0.05, 0.1) is 4.47 Å². The molecule has 0 aliphatic heterocycles. The topological polar surface area (TPSA) is 21.3 Å². The molecule has 2 rings (SSSR count). The first-order chi connectivity index (χ1) is 9.85. The first-order valence-corrected chi connectivity index (χ1v) is 7.46. The van der Waals surface area contributed by atoms with E-state index in [0.717, 1.165) is 10.0 Å². The van der Waals surface area contributed by atoms with Crippen LogP contribution >= 0.6 is 31.9 Å². The van der Waals surface area contributed by atoms with Crippen molar-refractivity contribution in [3.05, 3.63) is 57.0 Å². The van der Waals surface area contributed by atoms with E-state index in [1.165, 1.54) is 18.2 Å². The number of ether oxygens (including phenoxy) is 1. The highest BCUT2D eigenvalue weighted by atomic mass is 79.9. The Morgan fingerprint density at radius 3 is 2.33 bits per heavy atom. The summed E-state index contributed by atoms with van der Waals surface area (Å²) in [6.45, 7) is 0.549. The number of halogens is 5. The Morgan fingerprint density at radius 1 is 1.00 bits per heavy atom. The fourth-order valence-corrected chi connectivity index (χ4v) is 2.54. The molecule has 0 saturated heterocycles. The van der Waals surface area contributed by atoms with Gasteiger partial charge in [0.2, 0.25) is 0 Å². The lowest BCUT2D eigenvalue weighted by Crippen LogP contribution is -2.17. The maximum Gasteiger partial charge on any atom is 0.573 e. The Hall–Kier alpha value is -1.21. The van der Waals surface area contributed by atoms with Crippen molar-refractivity contribution >= 4 is 37.5 Å².